The SMILES string of the molecule is CC[C@@H](C)Oc1c(Cl)cc(/C=C2\C(=O)NC(=O)N(c3ccc(OC)cc3OC)C2=O)cc1OC. The number of carbonyl (C=O) groups is 3. The smallest absolute Gasteiger partial charge is 0.336 e. The first-order chi connectivity index (χ1) is 16.2. The van der Waals surface area contributed by atoms with Crippen molar-refractivity contribution < 1.29 is 33.3 Å². The Bertz CT molecular complexity index is 1160. The number of benzene rings is 2. The summed E-state index contributed by atoms with van der Waals surface area (Å²) in [6.45, 7) is 3.87. The minimum atomic E-state index is -0.900. The van der Waals surface area contributed by atoms with Gasteiger partial charge in [0.05, 0.1) is 38.1 Å². The number of hydrogen-bond donors (Lipinski definition) is 1. The first-order valence-corrected chi connectivity index (χ1v) is 10.8. The normalized spacial score (nSPS) is 15.8. The fraction of sp³-hybridized carbons (Fsp3) is 0.292. The Morgan fingerprint density at radius 3 is 2.35 bits per heavy atom. The Morgan fingerprint density at radius 2 is 1.74 bits per heavy atom. The molecule has 0 unspecified atom stereocenters. The predicted octanol–water partition coefficient (Wildman–Crippen LogP) is 4.21. The van der Waals surface area contributed by atoms with E-state index in [0.29, 0.717) is 22.8 Å². The zero-order chi connectivity index (χ0) is 25.0. The van der Waals surface area contributed by atoms with Crippen molar-refractivity contribution in [2.24, 2.45) is 0 Å². The molecule has 3 rings (SSSR count). The highest BCUT2D eigenvalue weighted by atomic mass is 35.5. The van der Waals surface area contributed by atoms with Crippen LogP contribution in [-0.2, 0) is 9.59 Å². The van der Waals surface area contributed by atoms with Crippen LogP contribution in [0.5, 0.6) is 23.0 Å². The van der Waals surface area contributed by atoms with Gasteiger partial charge in [-0.3, -0.25) is 14.9 Å². The Kier molecular flexibility index (Phi) is 7.68. The number of carbonyl (C=O) groups excluding carboxylic acids is 3. The van der Waals surface area contributed by atoms with Gasteiger partial charge in [-0.15, -0.1) is 0 Å². The molecule has 0 aliphatic carbocycles. The lowest BCUT2D eigenvalue weighted by Gasteiger charge is -2.27. The number of barbiturate groups is 1. The van der Waals surface area contributed by atoms with Gasteiger partial charge in [0.15, 0.2) is 11.5 Å². The van der Waals surface area contributed by atoms with E-state index in [1.54, 1.807) is 18.2 Å². The van der Waals surface area contributed by atoms with Crippen LogP contribution in [0.25, 0.3) is 6.08 Å². The van der Waals surface area contributed by atoms with Crippen molar-refractivity contribution in [2.45, 2.75) is 26.4 Å². The quantitative estimate of drug-likeness (QED) is 0.438. The van der Waals surface area contributed by atoms with Gasteiger partial charge in [0, 0.05) is 6.07 Å². The van der Waals surface area contributed by atoms with Gasteiger partial charge in [0.2, 0.25) is 0 Å². The van der Waals surface area contributed by atoms with E-state index in [2.05, 4.69) is 5.32 Å². The standard InChI is InChI=1S/C24H25ClN2O7/c1-6-13(2)34-21-17(25)10-14(11-20(21)33-5)9-16-22(28)26-24(30)27(23(16)29)18-8-7-15(31-3)12-19(18)32-4/h7-13H,6H2,1-5H3,(H,26,28,30)/b16-9+/t13-/m1/s1. The minimum absolute atomic E-state index is 0.0969. The second-order valence-corrected chi connectivity index (χ2v) is 7.77. The van der Waals surface area contributed by atoms with Crippen molar-refractivity contribution in [3.05, 3.63) is 46.5 Å². The second-order valence-electron chi connectivity index (χ2n) is 7.37. The third-order valence-electron chi connectivity index (χ3n) is 5.19. The lowest BCUT2D eigenvalue weighted by atomic mass is 10.1. The summed E-state index contributed by atoms with van der Waals surface area (Å²) in [5, 5.41) is 2.43. The van der Waals surface area contributed by atoms with Crippen LogP contribution in [0.2, 0.25) is 5.02 Å². The van der Waals surface area contributed by atoms with Gasteiger partial charge < -0.3 is 18.9 Å². The van der Waals surface area contributed by atoms with E-state index >= 15 is 0 Å². The second kappa shape index (κ2) is 10.5. The fourth-order valence-corrected chi connectivity index (χ4v) is 3.50. The first kappa shape index (κ1) is 24.9. The Morgan fingerprint density at radius 1 is 1.03 bits per heavy atom. The molecule has 1 fully saturated rings. The summed E-state index contributed by atoms with van der Waals surface area (Å²) in [6, 6.07) is 6.82. The maximum absolute atomic E-state index is 13.3. The van der Waals surface area contributed by atoms with Crippen molar-refractivity contribution in [3.8, 4) is 23.0 Å². The largest absolute Gasteiger partial charge is 0.497 e. The van der Waals surface area contributed by atoms with E-state index < -0.39 is 17.8 Å². The Balaban J connectivity index is 2.04. The van der Waals surface area contributed by atoms with Gasteiger partial charge >= 0.3 is 6.03 Å². The van der Waals surface area contributed by atoms with Crippen LogP contribution in [0.15, 0.2) is 35.9 Å². The van der Waals surface area contributed by atoms with Gasteiger partial charge in [0.25, 0.3) is 11.8 Å². The van der Waals surface area contributed by atoms with Gasteiger partial charge in [0.1, 0.15) is 17.1 Å². The van der Waals surface area contributed by atoms with Crippen LogP contribution in [-0.4, -0.2) is 45.3 Å². The molecule has 0 spiro atoms. The van der Waals surface area contributed by atoms with E-state index in [-0.39, 0.29) is 28.1 Å². The molecule has 1 N–H and O–H groups in total. The van der Waals surface area contributed by atoms with Crippen LogP contribution >= 0.6 is 11.6 Å². The third kappa shape index (κ3) is 4.94. The maximum Gasteiger partial charge on any atom is 0.336 e. The van der Waals surface area contributed by atoms with Gasteiger partial charge in [-0.25, -0.2) is 9.69 Å². The molecule has 0 radical (unpaired) electrons. The molecule has 1 aliphatic rings. The van der Waals surface area contributed by atoms with Crippen molar-refractivity contribution in [1.29, 1.82) is 0 Å². The molecule has 180 valence electrons. The zero-order valence-electron chi connectivity index (χ0n) is 19.4. The molecule has 10 heteroatoms. The van der Waals surface area contributed by atoms with Crippen molar-refractivity contribution >= 4 is 41.2 Å². The fourth-order valence-electron chi connectivity index (χ4n) is 3.23. The number of rotatable bonds is 8. The van der Waals surface area contributed by atoms with Crippen molar-refractivity contribution in [3.63, 3.8) is 0 Å². The summed E-state index contributed by atoms with van der Waals surface area (Å²) in [6.07, 6.45) is 1.99. The summed E-state index contributed by atoms with van der Waals surface area (Å²) in [5.74, 6) is -0.277. The Hall–Kier alpha value is -3.72. The molecule has 1 aliphatic heterocycles. The van der Waals surface area contributed by atoms with E-state index in [9.17, 15) is 14.4 Å². The van der Waals surface area contributed by atoms with Gasteiger partial charge in [-0.2, -0.15) is 0 Å². The number of nitrogens with one attached hydrogen (secondary N) is 1. The molecule has 2 aromatic rings. The molecular formula is C24H25ClN2O7. The number of anilines is 1. The average molecular weight is 489 g/mol. The number of hydrogen-bond acceptors (Lipinski definition) is 7. The molecule has 0 aromatic heterocycles. The zero-order valence-corrected chi connectivity index (χ0v) is 20.2. The van der Waals surface area contributed by atoms with Crippen LogP contribution in [0.1, 0.15) is 25.8 Å². The molecular weight excluding hydrogens is 464 g/mol. The molecule has 4 amide bonds. The highest BCUT2D eigenvalue weighted by molar-refractivity contribution is 6.39. The first-order valence-electron chi connectivity index (χ1n) is 10.4. The Labute approximate surface area is 202 Å². The lowest BCUT2D eigenvalue weighted by molar-refractivity contribution is -0.122. The van der Waals surface area contributed by atoms with Crippen LogP contribution in [0.4, 0.5) is 10.5 Å². The van der Waals surface area contributed by atoms with Crippen molar-refractivity contribution in [1.82, 2.24) is 5.32 Å². The lowest BCUT2D eigenvalue weighted by Crippen LogP contribution is -2.54. The average Bonchev–Trinajstić information content (AvgIpc) is 2.82. The summed E-state index contributed by atoms with van der Waals surface area (Å²) in [7, 11) is 4.33. The topological polar surface area (TPSA) is 103 Å². The number of ether oxygens (including phenoxy) is 4. The van der Waals surface area contributed by atoms with E-state index in [4.69, 9.17) is 30.5 Å². The predicted molar refractivity (Wildman–Crippen MR) is 127 cm³/mol. The molecule has 1 saturated heterocycles. The van der Waals surface area contributed by atoms with Gasteiger partial charge in [-0.1, -0.05) is 18.5 Å². The van der Waals surface area contributed by atoms with Crippen molar-refractivity contribution in [2.75, 3.05) is 26.2 Å². The highest BCUT2D eigenvalue weighted by Crippen LogP contribution is 2.39. The van der Waals surface area contributed by atoms with Gasteiger partial charge in [-0.05, 0) is 49.2 Å². The highest BCUT2D eigenvalue weighted by Gasteiger charge is 2.38. The molecule has 1 heterocycles. The number of halogens is 1. The summed E-state index contributed by atoms with van der Waals surface area (Å²) in [5.41, 5.74) is 0.288. The molecule has 9 nitrogen and oxygen atoms in total. The summed E-state index contributed by atoms with van der Waals surface area (Å²) >= 11 is 6.41. The number of imide groups is 2. The number of urea groups is 1. The molecule has 34 heavy (non-hydrogen) atoms. The van der Waals surface area contributed by atoms with E-state index in [1.807, 2.05) is 13.8 Å². The maximum atomic E-state index is 13.3. The summed E-state index contributed by atoms with van der Waals surface area (Å²) < 4.78 is 21.7. The van der Waals surface area contributed by atoms with E-state index in [0.717, 1.165) is 11.3 Å². The molecule has 2 aromatic carbocycles. The molecule has 1 atom stereocenters. The number of amides is 4. The van der Waals surface area contributed by atoms with Crippen LogP contribution in [0.3, 0.4) is 0 Å². The monoisotopic (exact) mass is 488 g/mol. The third-order valence-corrected chi connectivity index (χ3v) is 5.47. The minimum Gasteiger partial charge on any atom is -0.497 e. The number of nitrogens with zero attached hydrogens (tertiary/aromatic N) is 1. The van der Waals surface area contributed by atoms with Crippen LogP contribution < -0.4 is 29.2 Å². The van der Waals surface area contributed by atoms with Crippen LogP contribution in [0, 0.1) is 0 Å². The summed E-state index contributed by atoms with van der Waals surface area (Å²) in [4.78, 5) is 39.2. The molecule has 0 saturated carbocycles. The van der Waals surface area contributed by atoms with E-state index in [1.165, 1.54) is 39.5 Å². The molecule has 0 bridgehead atoms. The number of methoxy groups -OCH3 is 3.